The van der Waals surface area contributed by atoms with Crippen LogP contribution >= 0.6 is 0 Å². The number of ether oxygens (including phenoxy) is 2. The number of carboxylic acids is 1. The number of rotatable bonds is 4. The monoisotopic (exact) mass is 348 g/mol. The van der Waals surface area contributed by atoms with Gasteiger partial charge in [-0.2, -0.15) is 0 Å². The van der Waals surface area contributed by atoms with Gasteiger partial charge in [0.05, 0.1) is 25.4 Å². The number of carbonyl (C=O) groups excluding carboxylic acids is 1. The molecule has 0 radical (unpaired) electrons. The first kappa shape index (κ1) is 17.8. The lowest BCUT2D eigenvalue weighted by molar-refractivity contribution is -0.171. The molecule has 0 aliphatic carbocycles. The molecule has 2 saturated heterocycles. The fourth-order valence-corrected chi connectivity index (χ4v) is 3.33. The molecule has 1 aromatic rings. The zero-order valence-corrected chi connectivity index (χ0v) is 14.4. The van der Waals surface area contributed by atoms with Crippen LogP contribution in [0.4, 0.5) is 0 Å². The molecule has 136 valence electrons. The second-order valence-electron chi connectivity index (χ2n) is 6.70. The normalized spacial score (nSPS) is 24.9. The largest absolute Gasteiger partial charge is 0.478 e. The molecule has 1 unspecified atom stereocenters. The predicted octanol–water partition coefficient (Wildman–Crippen LogP) is 0.835. The van der Waals surface area contributed by atoms with E-state index in [1.54, 1.807) is 12.1 Å². The Morgan fingerprint density at radius 1 is 1.12 bits per heavy atom. The van der Waals surface area contributed by atoms with E-state index in [4.69, 9.17) is 14.6 Å². The molecule has 0 aromatic heterocycles. The van der Waals surface area contributed by atoms with Crippen LogP contribution in [0.15, 0.2) is 24.3 Å². The van der Waals surface area contributed by atoms with Gasteiger partial charge in [-0.1, -0.05) is 12.1 Å². The summed E-state index contributed by atoms with van der Waals surface area (Å²) in [5.74, 6) is -0.914. The maximum absolute atomic E-state index is 12.8. The Kier molecular flexibility index (Phi) is 5.36. The van der Waals surface area contributed by atoms with Crippen LogP contribution in [0, 0.1) is 0 Å². The van der Waals surface area contributed by atoms with Gasteiger partial charge in [0, 0.05) is 32.7 Å². The molecule has 0 saturated carbocycles. The molecular weight excluding hydrogens is 324 g/mol. The molecule has 0 bridgehead atoms. The molecule has 1 amide bonds. The van der Waals surface area contributed by atoms with E-state index in [0.717, 1.165) is 12.1 Å². The summed E-state index contributed by atoms with van der Waals surface area (Å²) in [6.45, 7) is 6.63. The smallest absolute Gasteiger partial charge is 0.335 e. The van der Waals surface area contributed by atoms with E-state index in [0.29, 0.717) is 46.0 Å². The van der Waals surface area contributed by atoms with Crippen LogP contribution in [0.1, 0.15) is 22.8 Å². The minimum atomic E-state index is -0.929. The second-order valence-corrected chi connectivity index (χ2v) is 6.70. The first-order chi connectivity index (χ1) is 12.0. The van der Waals surface area contributed by atoms with Gasteiger partial charge in [0.1, 0.15) is 0 Å². The third kappa shape index (κ3) is 4.18. The van der Waals surface area contributed by atoms with Gasteiger partial charge in [-0.25, -0.2) is 4.79 Å². The summed E-state index contributed by atoms with van der Waals surface area (Å²) in [6.07, 6.45) is 0. The van der Waals surface area contributed by atoms with Crippen LogP contribution in [-0.4, -0.2) is 78.4 Å². The molecule has 1 atom stereocenters. The first-order valence-corrected chi connectivity index (χ1v) is 8.54. The number of hydrogen-bond donors (Lipinski definition) is 1. The Labute approximate surface area is 147 Å². The Bertz CT molecular complexity index is 627. The van der Waals surface area contributed by atoms with E-state index >= 15 is 0 Å². The highest BCUT2D eigenvalue weighted by molar-refractivity contribution is 5.87. The van der Waals surface area contributed by atoms with Crippen LogP contribution in [0.5, 0.6) is 0 Å². The highest BCUT2D eigenvalue weighted by atomic mass is 16.5. The van der Waals surface area contributed by atoms with Gasteiger partial charge in [0.25, 0.3) is 5.91 Å². The molecule has 2 aliphatic heterocycles. The Morgan fingerprint density at radius 3 is 2.44 bits per heavy atom. The van der Waals surface area contributed by atoms with Gasteiger partial charge in [0.2, 0.25) is 0 Å². The molecule has 2 aliphatic rings. The molecule has 0 spiro atoms. The number of nitrogens with zero attached hydrogens (tertiary/aromatic N) is 2. The van der Waals surface area contributed by atoms with Crippen molar-refractivity contribution in [1.29, 1.82) is 0 Å². The summed E-state index contributed by atoms with van der Waals surface area (Å²) < 4.78 is 11.2. The van der Waals surface area contributed by atoms with E-state index in [1.807, 2.05) is 24.0 Å². The second kappa shape index (κ2) is 7.51. The quantitative estimate of drug-likeness (QED) is 0.868. The number of benzene rings is 1. The van der Waals surface area contributed by atoms with E-state index in [9.17, 15) is 9.59 Å². The summed E-state index contributed by atoms with van der Waals surface area (Å²) in [6, 6.07) is 6.85. The van der Waals surface area contributed by atoms with Gasteiger partial charge < -0.3 is 19.5 Å². The number of carbonyl (C=O) groups is 2. The van der Waals surface area contributed by atoms with Gasteiger partial charge in [-0.15, -0.1) is 0 Å². The van der Waals surface area contributed by atoms with Crippen molar-refractivity contribution in [2.45, 2.75) is 19.1 Å². The van der Waals surface area contributed by atoms with Crippen LogP contribution in [-0.2, 0) is 20.8 Å². The Hall–Kier alpha value is -1.96. The van der Waals surface area contributed by atoms with Gasteiger partial charge >= 0.3 is 5.97 Å². The summed E-state index contributed by atoms with van der Waals surface area (Å²) in [5.41, 5.74) is 0.447. The van der Waals surface area contributed by atoms with Crippen molar-refractivity contribution >= 4 is 11.9 Å². The number of morpholine rings is 2. The van der Waals surface area contributed by atoms with E-state index < -0.39 is 11.6 Å². The third-order valence-corrected chi connectivity index (χ3v) is 4.71. The lowest BCUT2D eigenvalue weighted by Crippen LogP contribution is -2.60. The summed E-state index contributed by atoms with van der Waals surface area (Å²) in [4.78, 5) is 27.8. The van der Waals surface area contributed by atoms with Crippen molar-refractivity contribution in [2.75, 3.05) is 46.0 Å². The average Bonchev–Trinajstić information content (AvgIpc) is 2.62. The van der Waals surface area contributed by atoms with Crippen molar-refractivity contribution in [3.63, 3.8) is 0 Å². The minimum Gasteiger partial charge on any atom is -0.478 e. The molecule has 2 fully saturated rings. The molecular formula is C18H24N2O5. The molecule has 7 heteroatoms. The van der Waals surface area contributed by atoms with Crippen molar-refractivity contribution in [3.05, 3.63) is 35.4 Å². The van der Waals surface area contributed by atoms with E-state index in [1.165, 1.54) is 0 Å². The zero-order valence-electron chi connectivity index (χ0n) is 14.4. The van der Waals surface area contributed by atoms with Crippen molar-refractivity contribution in [3.8, 4) is 0 Å². The van der Waals surface area contributed by atoms with Crippen molar-refractivity contribution in [1.82, 2.24) is 9.80 Å². The van der Waals surface area contributed by atoms with Crippen molar-refractivity contribution in [2.24, 2.45) is 0 Å². The van der Waals surface area contributed by atoms with Crippen LogP contribution < -0.4 is 0 Å². The fraction of sp³-hybridized carbons (Fsp3) is 0.556. The minimum absolute atomic E-state index is 0.0155. The SMILES string of the molecule is CC1(C(=O)N2CCOCC2)CN(Cc2ccc(C(=O)O)cc2)CCO1. The lowest BCUT2D eigenvalue weighted by atomic mass is 10.0. The van der Waals surface area contributed by atoms with Crippen LogP contribution in [0.3, 0.4) is 0 Å². The molecule has 7 nitrogen and oxygen atoms in total. The summed E-state index contributed by atoms with van der Waals surface area (Å²) in [5, 5.41) is 8.97. The number of amides is 1. The standard InChI is InChI=1S/C18H24N2O5/c1-18(17(23)20-7-9-24-10-8-20)13-19(6-11-25-18)12-14-2-4-15(5-3-14)16(21)22/h2-5H,6-13H2,1H3,(H,21,22). The molecule has 2 heterocycles. The fourth-order valence-electron chi connectivity index (χ4n) is 3.33. The van der Waals surface area contributed by atoms with Gasteiger partial charge in [-0.05, 0) is 24.6 Å². The van der Waals surface area contributed by atoms with Crippen molar-refractivity contribution < 1.29 is 24.2 Å². The van der Waals surface area contributed by atoms with Gasteiger partial charge in [0.15, 0.2) is 5.60 Å². The summed E-state index contributed by atoms with van der Waals surface area (Å²) >= 11 is 0. The highest BCUT2D eigenvalue weighted by Crippen LogP contribution is 2.23. The maximum Gasteiger partial charge on any atom is 0.335 e. The predicted molar refractivity (Wildman–Crippen MR) is 90.4 cm³/mol. The highest BCUT2D eigenvalue weighted by Gasteiger charge is 2.42. The number of aromatic carboxylic acids is 1. The topological polar surface area (TPSA) is 79.3 Å². The van der Waals surface area contributed by atoms with E-state index in [2.05, 4.69) is 4.90 Å². The molecule has 25 heavy (non-hydrogen) atoms. The Balaban J connectivity index is 1.63. The lowest BCUT2D eigenvalue weighted by Gasteiger charge is -2.42. The zero-order chi connectivity index (χ0) is 17.9. The Morgan fingerprint density at radius 2 is 1.80 bits per heavy atom. The maximum atomic E-state index is 12.8. The molecule has 1 aromatic carbocycles. The summed E-state index contributed by atoms with van der Waals surface area (Å²) in [7, 11) is 0. The number of carboxylic acid groups (broad SMARTS) is 1. The number of hydrogen-bond acceptors (Lipinski definition) is 5. The van der Waals surface area contributed by atoms with Gasteiger partial charge in [-0.3, -0.25) is 9.69 Å². The molecule has 3 rings (SSSR count). The average molecular weight is 348 g/mol. The van der Waals surface area contributed by atoms with Crippen LogP contribution in [0.2, 0.25) is 0 Å². The van der Waals surface area contributed by atoms with E-state index in [-0.39, 0.29) is 11.5 Å². The third-order valence-electron chi connectivity index (χ3n) is 4.71. The van der Waals surface area contributed by atoms with Crippen LogP contribution in [0.25, 0.3) is 0 Å². The molecule has 1 N–H and O–H groups in total. The first-order valence-electron chi connectivity index (χ1n) is 8.54.